The summed E-state index contributed by atoms with van der Waals surface area (Å²) in [4.78, 5) is 0. The summed E-state index contributed by atoms with van der Waals surface area (Å²) in [5.74, 6) is 1.21. The highest BCUT2D eigenvalue weighted by Gasteiger charge is 2.23. The highest BCUT2D eigenvalue weighted by atomic mass is 14.3. The van der Waals surface area contributed by atoms with E-state index in [1.807, 2.05) is 0 Å². The topological polar surface area (TPSA) is 0 Å². The summed E-state index contributed by atoms with van der Waals surface area (Å²) < 4.78 is 0. The van der Waals surface area contributed by atoms with Gasteiger partial charge in [0, 0.05) is 11.8 Å². The minimum Gasteiger partial charge on any atom is -0.0766 e. The lowest BCUT2D eigenvalue weighted by molar-refractivity contribution is 0.653. The molecule has 0 unspecified atom stereocenters. The van der Waals surface area contributed by atoms with Crippen LogP contribution >= 0.6 is 0 Å². The standard InChI is InChI=1S/C20H24/c1-3-7-19-15(5-1)9-11-17(19)13-14-18-12-10-16-6-2-4-8-20(16)18/h9-14,17-18H,1-8H2/t17-,18+. The predicted molar refractivity (Wildman–Crippen MR) is 85.4 cm³/mol. The number of allylic oxidation sites excluding steroid dienone is 10. The second-order valence-electron chi connectivity index (χ2n) is 6.67. The third-order valence-electron chi connectivity index (χ3n) is 5.45. The predicted octanol–water partition coefficient (Wildman–Crippen LogP) is 5.66. The molecule has 0 N–H and O–H groups in total. The molecule has 0 aromatic carbocycles. The van der Waals surface area contributed by atoms with Gasteiger partial charge in [-0.1, -0.05) is 47.6 Å². The van der Waals surface area contributed by atoms with Crippen molar-refractivity contribution in [1.29, 1.82) is 0 Å². The summed E-state index contributed by atoms with van der Waals surface area (Å²) in [6.45, 7) is 0. The second kappa shape index (κ2) is 5.24. The summed E-state index contributed by atoms with van der Waals surface area (Å²) in [6, 6.07) is 0. The summed E-state index contributed by atoms with van der Waals surface area (Å²) >= 11 is 0. The molecule has 0 saturated heterocycles. The first-order chi connectivity index (χ1) is 9.92. The lowest BCUT2D eigenvalue weighted by Crippen LogP contribution is -2.04. The minimum absolute atomic E-state index is 0.604. The Balaban J connectivity index is 1.50. The van der Waals surface area contributed by atoms with Crippen molar-refractivity contribution in [2.24, 2.45) is 11.8 Å². The summed E-state index contributed by atoms with van der Waals surface area (Å²) in [7, 11) is 0. The summed E-state index contributed by atoms with van der Waals surface area (Å²) in [5, 5.41) is 0. The molecule has 20 heavy (non-hydrogen) atoms. The minimum atomic E-state index is 0.604. The van der Waals surface area contributed by atoms with Crippen molar-refractivity contribution >= 4 is 0 Å². The zero-order valence-electron chi connectivity index (χ0n) is 12.3. The molecule has 0 radical (unpaired) electrons. The van der Waals surface area contributed by atoms with Gasteiger partial charge in [-0.2, -0.15) is 0 Å². The monoisotopic (exact) mass is 264 g/mol. The van der Waals surface area contributed by atoms with Gasteiger partial charge in [0.15, 0.2) is 0 Å². The van der Waals surface area contributed by atoms with Crippen LogP contribution < -0.4 is 0 Å². The maximum Gasteiger partial charge on any atom is 0.0166 e. The zero-order valence-corrected chi connectivity index (χ0v) is 12.3. The molecule has 0 amide bonds. The molecular weight excluding hydrogens is 240 g/mol. The van der Waals surface area contributed by atoms with Crippen LogP contribution in [-0.2, 0) is 0 Å². The first-order valence-electron chi connectivity index (χ1n) is 8.40. The van der Waals surface area contributed by atoms with Crippen molar-refractivity contribution in [3.8, 4) is 0 Å². The van der Waals surface area contributed by atoms with Crippen LogP contribution in [-0.4, -0.2) is 0 Å². The Hall–Kier alpha value is -1.30. The van der Waals surface area contributed by atoms with Crippen LogP contribution in [0.15, 0.2) is 58.7 Å². The van der Waals surface area contributed by atoms with E-state index in [9.17, 15) is 0 Å². The van der Waals surface area contributed by atoms with Gasteiger partial charge in [0.05, 0.1) is 0 Å². The molecule has 0 heteroatoms. The van der Waals surface area contributed by atoms with E-state index in [-0.39, 0.29) is 0 Å². The molecule has 0 aromatic heterocycles. The van der Waals surface area contributed by atoms with E-state index in [2.05, 4.69) is 36.5 Å². The second-order valence-corrected chi connectivity index (χ2v) is 6.67. The Morgan fingerprint density at radius 1 is 0.650 bits per heavy atom. The molecule has 4 aliphatic carbocycles. The van der Waals surface area contributed by atoms with Crippen LogP contribution in [0.3, 0.4) is 0 Å². The highest BCUT2D eigenvalue weighted by Crippen LogP contribution is 2.39. The van der Waals surface area contributed by atoms with Gasteiger partial charge in [-0.15, -0.1) is 0 Å². The van der Waals surface area contributed by atoms with Gasteiger partial charge < -0.3 is 0 Å². The number of rotatable bonds is 2. The average molecular weight is 264 g/mol. The van der Waals surface area contributed by atoms with Gasteiger partial charge in [0.2, 0.25) is 0 Å². The third-order valence-corrected chi connectivity index (χ3v) is 5.45. The van der Waals surface area contributed by atoms with Crippen LogP contribution in [0, 0.1) is 11.8 Å². The summed E-state index contributed by atoms with van der Waals surface area (Å²) in [5.41, 5.74) is 6.72. The van der Waals surface area contributed by atoms with Crippen molar-refractivity contribution in [3.63, 3.8) is 0 Å². The molecule has 104 valence electrons. The van der Waals surface area contributed by atoms with Crippen LogP contribution in [0.25, 0.3) is 0 Å². The summed E-state index contributed by atoms with van der Waals surface area (Å²) in [6.07, 6.45) is 25.4. The average Bonchev–Trinajstić information content (AvgIpc) is 3.09. The molecule has 0 heterocycles. The Kier molecular flexibility index (Phi) is 3.26. The smallest absolute Gasteiger partial charge is 0.0166 e. The normalized spacial score (nSPS) is 32.4. The molecule has 0 fully saturated rings. The van der Waals surface area contributed by atoms with E-state index >= 15 is 0 Å². The van der Waals surface area contributed by atoms with Crippen molar-refractivity contribution in [2.45, 2.75) is 51.4 Å². The van der Waals surface area contributed by atoms with Crippen molar-refractivity contribution in [3.05, 3.63) is 58.7 Å². The number of hydrogen-bond donors (Lipinski definition) is 0. The van der Waals surface area contributed by atoms with Crippen molar-refractivity contribution < 1.29 is 0 Å². The van der Waals surface area contributed by atoms with E-state index < -0.39 is 0 Å². The Morgan fingerprint density at radius 2 is 1.10 bits per heavy atom. The van der Waals surface area contributed by atoms with Crippen LogP contribution in [0.1, 0.15) is 51.4 Å². The number of hydrogen-bond acceptors (Lipinski definition) is 0. The van der Waals surface area contributed by atoms with Gasteiger partial charge in [0.25, 0.3) is 0 Å². The van der Waals surface area contributed by atoms with E-state index in [0.717, 1.165) is 0 Å². The van der Waals surface area contributed by atoms with Crippen LogP contribution in [0.2, 0.25) is 0 Å². The maximum absolute atomic E-state index is 2.48. The zero-order chi connectivity index (χ0) is 13.4. The lowest BCUT2D eigenvalue weighted by atomic mass is 9.86. The molecule has 0 spiro atoms. The fraction of sp³-hybridized carbons (Fsp3) is 0.500. The van der Waals surface area contributed by atoms with Gasteiger partial charge in [-0.05, 0) is 62.5 Å². The molecule has 0 aliphatic heterocycles. The third kappa shape index (κ3) is 2.16. The molecule has 0 saturated carbocycles. The molecular formula is C20H24. The molecule has 0 aromatic rings. The van der Waals surface area contributed by atoms with E-state index in [0.29, 0.717) is 11.8 Å². The van der Waals surface area contributed by atoms with Crippen molar-refractivity contribution in [1.82, 2.24) is 0 Å². The van der Waals surface area contributed by atoms with Crippen LogP contribution in [0.4, 0.5) is 0 Å². The van der Waals surface area contributed by atoms with Gasteiger partial charge in [-0.25, -0.2) is 0 Å². The Labute approximate surface area is 122 Å². The quantitative estimate of drug-likeness (QED) is 0.565. The van der Waals surface area contributed by atoms with Gasteiger partial charge >= 0.3 is 0 Å². The molecule has 0 nitrogen and oxygen atoms in total. The molecule has 4 aliphatic rings. The van der Waals surface area contributed by atoms with E-state index in [4.69, 9.17) is 0 Å². The Bertz CT molecular complexity index is 501. The Morgan fingerprint density at radius 3 is 1.60 bits per heavy atom. The van der Waals surface area contributed by atoms with E-state index in [1.54, 1.807) is 22.3 Å². The molecule has 4 rings (SSSR count). The van der Waals surface area contributed by atoms with Gasteiger partial charge in [-0.3, -0.25) is 0 Å². The lowest BCUT2D eigenvalue weighted by Gasteiger charge is -2.19. The van der Waals surface area contributed by atoms with Gasteiger partial charge in [0.1, 0.15) is 0 Å². The largest absolute Gasteiger partial charge is 0.0766 e. The van der Waals surface area contributed by atoms with Crippen molar-refractivity contribution in [2.75, 3.05) is 0 Å². The first kappa shape index (κ1) is 12.4. The fourth-order valence-corrected chi connectivity index (χ4v) is 4.32. The van der Waals surface area contributed by atoms with Crippen LogP contribution in [0.5, 0.6) is 0 Å². The highest BCUT2D eigenvalue weighted by molar-refractivity contribution is 5.44. The SMILES string of the molecule is C1=C[C@H](C=C[C@@H]2C=CC3=C2CCCC3)C2=C1CCCC2. The van der Waals surface area contributed by atoms with E-state index in [1.165, 1.54) is 51.4 Å². The maximum atomic E-state index is 2.48. The molecule has 2 atom stereocenters. The fourth-order valence-electron chi connectivity index (χ4n) is 4.32. The first-order valence-corrected chi connectivity index (χ1v) is 8.40. The molecule has 0 bridgehead atoms.